The minimum atomic E-state index is -0.820. The molecule has 3 N–H and O–H groups in total. The summed E-state index contributed by atoms with van der Waals surface area (Å²) in [5.74, 6) is -1.50. The van der Waals surface area contributed by atoms with Crippen LogP contribution in [0.3, 0.4) is 0 Å². The number of amides is 1. The summed E-state index contributed by atoms with van der Waals surface area (Å²) >= 11 is 0. The van der Waals surface area contributed by atoms with E-state index < -0.39 is 11.9 Å². The Labute approximate surface area is 122 Å². The number of fused-ring (bicyclic) bond motifs is 1. The number of carbonyl (C=O) groups is 2. The molecule has 0 bridgehead atoms. The summed E-state index contributed by atoms with van der Waals surface area (Å²) < 4.78 is 0. The predicted molar refractivity (Wildman–Crippen MR) is 79.1 cm³/mol. The Morgan fingerprint density at radius 3 is 2.81 bits per heavy atom. The summed E-state index contributed by atoms with van der Waals surface area (Å²) in [6, 6.07) is 7.12. The molecule has 0 aliphatic heterocycles. The molecule has 1 fully saturated rings. The highest BCUT2D eigenvalue weighted by molar-refractivity contribution is 5.98. The van der Waals surface area contributed by atoms with E-state index in [1.54, 1.807) is 12.1 Å². The fourth-order valence-corrected chi connectivity index (χ4v) is 3.04. The van der Waals surface area contributed by atoms with Crippen molar-refractivity contribution in [2.45, 2.75) is 31.7 Å². The van der Waals surface area contributed by atoms with Crippen LogP contribution in [0.1, 0.15) is 36.0 Å². The Bertz CT molecular complexity index is 677. The summed E-state index contributed by atoms with van der Waals surface area (Å²) in [4.78, 5) is 26.7. The van der Waals surface area contributed by atoms with Crippen LogP contribution in [0.2, 0.25) is 0 Å². The topological polar surface area (TPSA) is 82.2 Å². The lowest BCUT2D eigenvalue weighted by Gasteiger charge is -2.29. The number of carbonyl (C=O) groups excluding carboxylic acids is 1. The van der Waals surface area contributed by atoms with E-state index >= 15 is 0 Å². The monoisotopic (exact) mass is 286 g/mol. The van der Waals surface area contributed by atoms with E-state index in [2.05, 4.69) is 10.3 Å². The fourth-order valence-electron chi connectivity index (χ4n) is 3.04. The standard InChI is InChI=1S/C16H18N2O3/c19-15(11-6-5-10-7-8-17-14(10)9-11)18-13-4-2-1-3-12(13)16(20)21/h5-9,12-13,17H,1-4H2,(H,18,19)(H,20,21)/t12-,13-/m1/s1. The third-order valence-electron chi connectivity index (χ3n) is 4.22. The van der Waals surface area contributed by atoms with Gasteiger partial charge in [-0.25, -0.2) is 0 Å². The van der Waals surface area contributed by atoms with Gasteiger partial charge in [0.1, 0.15) is 0 Å². The molecule has 1 amide bonds. The molecule has 1 aromatic heterocycles. The van der Waals surface area contributed by atoms with Gasteiger partial charge in [0.15, 0.2) is 0 Å². The Morgan fingerprint density at radius 2 is 2.00 bits per heavy atom. The van der Waals surface area contributed by atoms with Crippen molar-refractivity contribution in [2.75, 3.05) is 0 Å². The molecule has 2 aromatic rings. The summed E-state index contributed by atoms with van der Waals surface area (Å²) in [7, 11) is 0. The number of carboxylic acid groups (broad SMARTS) is 1. The maximum absolute atomic E-state index is 12.3. The highest BCUT2D eigenvalue weighted by atomic mass is 16.4. The second kappa shape index (κ2) is 5.60. The minimum Gasteiger partial charge on any atom is -0.481 e. The quantitative estimate of drug-likeness (QED) is 0.811. The first-order valence-electron chi connectivity index (χ1n) is 7.26. The molecule has 1 aliphatic carbocycles. The molecule has 0 spiro atoms. The fraction of sp³-hybridized carbons (Fsp3) is 0.375. The Morgan fingerprint density at radius 1 is 1.19 bits per heavy atom. The normalized spacial score (nSPS) is 22.1. The van der Waals surface area contributed by atoms with Gasteiger partial charge in [0.25, 0.3) is 5.91 Å². The van der Waals surface area contributed by atoms with Crippen LogP contribution in [0.4, 0.5) is 0 Å². The van der Waals surface area contributed by atoms with Crippen LogP contribution >= 0.6 is 0 Å². The third kappa shape index (κ3) is 2.77. The number of carboxylic acids is 1. The molecule has 5 nitrogen and oxygen atoms in total. The van der Waals surface area contributed by atoms with Crippen molar-refractivity contribution in [3.63, 3.8) is 0 Å². The van der Waals surface area contributed by atoms with Crippen molar-refractivity contribution in [1.29, 1.82) is 0 Å². The van der Waals surface area contributed by atoms with Crippen LogP contribution in [-0.2, 0) is 4.79 Å². The van der Waals surface area contributed by atoms with Crippen molar-refractivity contribution in [2.24, 2.45) is 5.92 Å². The zero-order valence-corrected chi connectivity index (χ0v) is 11.6. The maximum atomic E-state index is 12.3. The van der Waals surface area contributed by atoms with Crippen molar-refractivity contribution in [1.82, 2.24) is 10.3 Å². The number of benzene rings is 1. The average molecular weight is 286 g/mol. The smallest absolute Gasteiger partial charge is 0.308 e. The van der Waals surface area contributed by atoms with Crippen LogP contribution in [-0.4, -0.2) is 28.0 Å². The largest absolute Gasteiger partial charge is 0.481 e. The molecule has 0 radical (unpaired) electrons. The molecule has 1 aromatic carbocycles. The zero-order chi connectivity index (χ0) is 14.8. The van der Waals surface area contributed by atoms with Gasteiger partial charge in [0.2, 0.25) is 0 Å². The lowest BCUT2D eigenvalue weighted by molar-refractivity contribution is -0.143. The van der Waals surface area contributed by atoms with Crippen molar-refractivity contribution in [3.8, 4) is 0 Å². The van der Waals surface area contributed by atoms with Crippen molar-refractivity contribution in [3.05, 3.63) is 36.0 Å². The number of H-pyrrole nitrogens is 1. The number of nitrogens with one attached hydrogen (secondary N) is 2. The number of aromatic nitrogens is 1. The van der Waals surface area contributed by atoms with Crippen molar-refractivity contribution < 1.29 is 14.7 Å². The van der Waals surface area contributed by atoms with Gasteiger partial charge in [0.05, 0.1) is 5.92 Å². The van der Waals surface area contributed by atoms with E-state index in [9.17, 15) is 14.7 Å². The molecule has 0 saturated heterocycles. The van der Waals surface area contributed by atoms with E-state index in [1.165, 1.54) is 0 Å². The van der Waals surface area contributed by atoms with E-state index in [0.717, 1.165) is 30.2 Å². The average Bonchev–Trinajstić information content (AvgIpc) is 2.94. The molecule has 3 rings (SSSR count). The summed E-state index contributed by atoms with van der Waals surface area (Å²) in [5, 5.41) is 13.2. The van der Waals surface area contributed by atoms with Gasteiger partial charge in [-0.05, 0) is 36.4 Å². The lowest BCUT2D eigenvalue weighted by Crippen LogP contribution is -2.45. The zero-order valence-electron chi connectivity index (χ0n) is 11.6. The molecule has 110 valence electrons. The molecule has 1 aliphatic rings. The summed E-state index contributed by atoms with van der Waals surface area (Å²) in [6.45, 7) is 0. The Balaban J connectivity index is 1.76. The Hall–Kier alpha value is -2.30. The number of rotatable bonds is 3. The number of hydrogen-bond donors (Lipinski definition) is 3. The first kappa shape index (κ1) is 13.7. The van der Waals surface area contributed by atoms with Crippen LogP contribution in [0.25, 0.3) is 10.9 Å². The molecule has 21 heavy (non-hydrogen) atoms. The summed E-state index contributed by atoms with van der Waals surface area (Å²) in [5.41, 5.74) is 1.46. The SMILES string of the molecule is O=C(N[C@@H]1CCCC[C@H]1C(=O)O)c1ccc2cc[nH]c2c1. The van der Waals surface area contributed by atoms with Crippen LogP contribution in [0, 0.1) is 5.92 Å². The van der Waals surface area contributed by atoms with Crippen LogP contribution < -0.4 is 5.32 Å². The number of hydrogen-bond acceptors (Lipinski definition) is 2. The maximum Gasteiger partial charge on any atom is 0.308 e. The first-order valence-corrected chi connectivity index (χ1v) is 7.26. The molecular formula is C16H18N2O3. The Kier molecular flexibility index (Phi) is 3.64. The molecule has 1 saturated carbocycles. The van der Waals surface area contributed by atoms with E-state index in [-0.39, 0.29) is 11.9 Å². The third-order valence-corrected chi connectivity index (χ3v) is 4.22. The van der Waals surface area contributed by atoms with E-state index in [4.69, 9.17) is 0 Å². The molecule has 1 heterocycles. The second-order valence-electron chi connectivity index (χ2n) is 5.59. The highest BCUT2D eigenvalue weighted by Crippen LogP contribution is 2.25. The van der Waals surface area contributed by atoms with Gasteiger partial charge in [0, 0.05) is 23.3 Å². The second-order valence-corrected chi connectivity index (χ2v) is 5.59. The van der Waals surface area contributed by atoms with Gasteiger partial charge in [-0.1, -0.05) is 18.9 Å². The van der Waals surface area contributed by atoms with E-state index in [0.29, 0.717) is 12.0 Å². The summed E-state index contributed by atoms with van der Waals surface area (Å²) in [6.07, 6.45) is 5.07. The number of aromatic amines is 1. The minimum absolute atomic E-state index is 0.204. The molecule has 5 heteroatoms. The van der Waals surface area contributed by atoms with Gasteiger partial charge in [-0.15, -0.1) is 0 Å². The van der Waals surface area contributed by atoms with Crippen LogP contribution in [0.5, 0.6) is 0 Å². The molecule has 2 atom stereocenters. The van der Waals surface area contributed by atoms with Gasteiger partial charge in [-0.3, -0.25) is 9.59 Å². The van der Waals surface area contributed by atoms with Crippen LogP contribution in [0.15, 0.2) is 30.5 Å². The highest BCUT2D eigenvalue weighted by Gasteiger charge is 2.31. The lowest BCUT2D eigenvalue weighted by atomic mass is 9.84. The first-order chi connectivity index (χ1) is 10.1. The van der Waals surface area contributed by atoms with Crippen molar-refractivity contribution >= 4 is 22.8 Å². The molecular weight excluding hydrogens is 268 g/mol. The molecule has 0 unspecified atom stereocenters. The van der Waals surface area contributed by atoms with Gasteiger partial charge in [-0.2, -0.15) is 0 Å². The number of aliphatic carboxylic acids is 1. The van der Waals surface area contributed by atoms with Gasteiger partial charge >= 0.3 is 5.97 Å². The predicted octanol–water partition coefficient (Wildman–Crippen LogP) is 2.54. The van der Waals surface area contributed by atoms with Gasteiger partial charge < -0.3 is 15.4 Å². The van der Waals surface area contributed by atoms with E-state index in [1.807, 2.05) is 18.3 Å².